The summed E-state index contributed by atoms with van der Waals surface area (Å²) in [6.45, 7) is 6.85. The van der Waals surface area contributed by atoms with E-state index in [4.69, 9.17) is 16.3 Å². The van der Waals surface area contributed by atoms with Gasteiger partial charge in [0.05, 0.1) is 5.69 Å². The van der Waals surface area contributed by atoms with Crippen molar-refractivity contribution in [2.24, 2.45) is 0 Å². The summed E-state index contributed by atoms with van der Waals surface area (Å²) in [6, 6.07) is 20.3. The maximum Gasteiger partial charge on any atom is 0.260 e. The number of nitrogens with zero attached hydrogens (tertiary/aromatic N) is 3. The summed E-state index contributed by atoms with van der Waals surface area (Å²) in [5, 5.41) is 3.61. The fraction of sp³-hybridized carbons (Fsp3) is 0.394. The van der Waals surface area contributed by atoms with Gasteiger partial charge in [-0.15, -0.1) is 12.4 Å². The summed E-state index contributed by atoms with van der Waals surface area (Å²) < 4.78 is 6.33. The predicted molar refractivity (Wildman–Crippen MR) is 172 cm³/mol. The maximum atomic E-state index is 14.4. The number of methoxy groups -OCH3 is 1. The van der Waals surface area contributed by atoms with Gasteiger partial charge in [0.1, 0.15) is 5.72 Å². The molecule has 9 heteroatoms. The molecular formula is C33H40Cl2N4O3. The molecule has 2 aliphatic heterocycles. The van der Waals surface area contributed by atoms with Crippen LogP contribution in [-0.4, -0.2) is 74.2 Å². The minimum absolute atomic E-state index is 0. The Hall–Kier alpha value is -2.94. The summed E-state index contributed by atoms with van der Waals surface area (Å²) in [5.74, 6) is -0.310. The molecule has 3 aromatic carbocycles. The second-order valence-electron chi connectivity index (χ2n) is 11.2. The number of carbonyl (C=O) groups excluding carboxylic acids is 2. The first-order chi connectivity index (χ1) is 19.8. The molecule has 2 heterocycles. The number of rotatable bonds is 7. The normalized spacial score (nSPS) is 19.4. The summed E-state index contributed by atoms with van der Waals surface area (Å²) in [6.07, 6.45) is 3.13. The first kappa shape index (κ1) is 32.0. The van der Waals surface area contributed by atoms with Gasteiger partial charge in [-0.1, -0.05) is 29.8 Å². The van der Waals surface area contributed by atoms with Crippen LogP contribution in [0.25, 0.3) is 0 Å². The molecule has 1 unspecified atom stereocenters. The smallest absolute Gasteiger partial charge is 0.260 e. The molecule has 7 nitrogen and oxygen atoms in total. The molecule has 2 amide bonds. The van der Waals surface area contributed by atoms with Crippen LogP contribution in [0.1, 0.15) is 51.1 Å². The van der Waals surface area contributed by atoms with Crippen LogP contribution in [0, 0.1) is 6.92 Å². The zero-order chi connectivity index (χ0) is 29.0. The van der Waals surface area contributed by atoms with Gasteiger partial charge in [0, 0.05) is 68.1 Å². The number of anilines is 2. The van der Waals surface area contributed by atoms with Gasteiger partial charge in [-0.3, -0.25) is 14.5 Å². The third-order valence-electron chi connectivity index (χ3n) is 8.48. The minimum Gasteiger partial charge on any atom is -0.358 e. The Morgan fingerprint density at radius 3 is 2.40 bits per heavy atom. The van der Waals surface area contributed by atoms with Crippen molar-refractivity contribution in [3.8, 4) is 0 Å². The molecule has 0 radical (unpaired) electrons. The number of likely N-dealkylation sites (N-methyl/N-ethyl adjacent to an activating group) is 1. The van der Waals surface area contributed by atoms with E-state index >= 15 is 0 Å². The van der Waals surface area contributed by atoms with Gasteiger partial charge in [0.25, 0.3) is 11.8 Å². The number of aryl methyl sites for hydroxylation is 2. The monoisotopic (exact) mass is 610 g/mol. The highest BCUT2D eigenvalue weighted by atomic mass is 35.5. The summed E-state index contributed by atoms with van der Waals surface area (Å²) in [7, 11) is 3.87. The fourth-order valence-corrected chi connectivity index (χ4v) is 6.14. The number of carbonyl (C=O) groups is 2. The van der Waals surface area contributed by atoms with E-state index < -0.39 is 5.72 Å². The lowest BCUT2D eigenvalue weighted by molar-refractivity contribution is -0.0313. The first-order valence-electron chi connectivity index (χ1n) is 14.4. The second kappa shape index (κ2) is 14.0. The van der Waals surface area contributed by atoms with E-state index in [0.29, 0.717) is 28.3 Å². The van der Waals surface area contributed by atoms with E-state index in [2.05, 4.69) is 22.2 Å². The molecule has 0 bridgehead atoms. The zero-order valence-electron chi connectivity index (χ0n) is 24.6. The van der Waals surface area contributed by atoms with Gasteiger partial charge in [0.2, 0.25) is 0 Å². The quantitative estimate of drug-likeness (QED) is 0.341. The molecular weight excluding hydrogens is 571 g/mol. The van der Waals surface area contributed by atoms with Crippen LogP contribution in [0.4, 0.5) is 11.4 Å². The molecule has 1 saturated heterocycles. The van der Waals surface area contributed by atoms with E-state index in [1.807, 2.05) is 48.2 Å². The summed E-state index contributed by atoms with van der Waals surface area (Å²) >= 11 is 6.39. The molecule has 42 heavy (non-hydrogen) atoms. The lowest BCUT2D eigenvalue weighted by Gasteiger charge is -2.44. The van der Waals surface area contributed by atoms with Crippen molar-refractivity contribution in [3.05, 3.63) is 94.0 Å². The van der Waals surface area contributed by atoms with E-state index in [-0.39, 0.29) is 24.2 Å². The van der Waals surface area contributed by atoms with E-state index in [9.17, 15) is 9.59 Å². The molecule has 0 saturated carbocycles. The van der Waals surface area contributed by atoms with Gasteiger partial charge >= 0.3 is 0 Å². The Bertz CT molecular complexity index is 1390. The van der Waals surface area contributed by atoms with Crippen molar-refractivity contribution >= 4 is 47.2 Å². The van der Waals surface area contributed by atoms with Crippen LogP contribution in [0.15, 0.2) is 66.7 Å². The Morgan fingerprint density at radius 1 is 1.00 bits per heavy atom. The van der Waals surface area contributed by atoms with Crippen LogP contribution in [0.5, 0.6) is 0 Å². The molecule has 1 atom stereocenters. The van der Waals surface area contributed by atoms with Gasteiger partial charge in [-0.2, -0.15) is 0 Å². The number of benzene rings is 3. The van der Waals surface area contributed by atoms with Crippen molar-refractivity contribution in [2.75, 3.05) is 57.1 Å². The molecule has 0 aliphatic carbocycles. The number of piperazine rings is 1. The third kappa shape index (κ3) is 6.99. The number of nitrogens with one attached hydrogen (secondary N) is 1. The van der Waals surface area contributed by atoms with Crippen molar-refractivity contribution < 1.29 is 14.3 Å². The number of ether oxygens (including phenoxy) is 1. The molecule has 2 aliphatic rings. The van der Waals surface area contributed by atoms with Crippen LogP contribution < -0.4 is 10.2 Å². The SMILES string of the molecule is COC1(CCN2CCN(C)CC2)CCCc2cc(Cl)ccc2N1C(=O)c1ccc(NC(=O)c2ccccc2C)cc1.Cl. The maximum absolute atomic E-state index is 14.4. The van der Waals surface area contributed by atoms with E-state index in [0.717, 1.165) is 68.8 Å². The van der Waals surface area contributed by atoms with Crippen LogP contribution in [0.3, 0.4) is 0 Å². The number of amides is 2. The van der Waals surface area contributed by atoms with Crippen LogP contribution in [0.2, 0.25) is 5.02 Å². The average Bonchev–Trinajstić information content (AvgIpc) is 3.13. The Kier molecular flexibility index (Phi) is 10.7. The third-order valence-corrected chi connectivity index (χ3v) is 8.72. The molecule has 0 spiro atoms. The molecule has 3 aromatic rings. The van der Waals surface area contributed by atoms with Gasteiger partial charge in [-0.25, -0.2) is 0 Å². The molecule has 1 fully saturated rings. The zero-order valence-corrected chi connectivity index (χ0v) is 26.1. The Labute approximate surface area is 260 Å². The lowest BCUT2D eigenvalue weighted by Crippen LogP contribution is -2.55. The molecule has 224 valence electrons. The van der Waals surface area contributed by atoms with Gasteiger partial charge in [-0.05, 0) is 92.9 Å². The fourth-order valence-electron chi connectivity index (χ4n) is 5.94. The highest BCUT2D eigenvalue weighted by Crippen LogP contribution is 2.40. The van der Waals surface area contributed by atoms with Crippen molar-refractivity contribution in [2.45, 2.75) is 38.3 Å². The van der Waals surface area contributed by atoms with Gasteiger partial charge < -0.3 is 19.9 Å². The molecule has 5 rings (SSSR count). The number of fused-ring (bicyclic) bond motifs is 1. The second-order valence-corrected chi connectivity index (χ2v) is 11.6. The largest absolute Gasteiger partial charge is 0.358 e. The summed E-state index contributed by atoms with van der Waals surface area (Å²) in [4.78, 5) is 33.9. The van der Waals surface area contributed by atoms with Crippen molar-refractivity contribution in [3.63, 3.8) is 0 Å². The van der Waals surface area contributed by atoms with Crippen LogP contribution >= 0.6 is 24.0 Å². The highest BCUT2D eigenvalue weighted by molar-refractivity contribution is 6.30. The topological polar surface area (TPSA) is 65.1 Å². The van der Waals surface area contributed by atoms with E-state index in [1.165, 1.54) is 0 Å². The molecule has 0 aromatic heterocycles. The highest BCUT2D eigenvalue weighted by Gasteiger charge is 2.43. The number of hydrogen-bond acceptors (Lipinski definition) is 5. The van der Waals surface area contributed by atoms with Gasteiger partial charge in [0.15, 0.2) is 0 Å². The molecule has 1 N–H and O–H groups in total. The minimum atomic E-state index is -0.794. The van der Waals surface area contributed by atoms with E-state index in [1.54, 1.807) is 37.4 Å². The average molecular weight is 612 g/mol. The first-order valence-corrected chi connectivity index (χ1v) is 14.7. The Morgan fingerprint density at radius 2 is 1.71 bits per heavy atom. The van der Waals surface area contributed by atoms with Crippen LogP contribution in [-0.2, 0) is 11.2 Å². The summed E-state index contributed by atoms with van der Waals surface area (Å²) in [5.41, 5.74) is 3.79. The number of hydrogen-bond donors (Lipinski definition) is 1. The predicted octanol–water partition coefficient (Wildman–Crippen LogP) is 6.29. The number of halogens is 2. The lowest BCUT2D eigenvalue weighted by atomic mass is 9.99. The Balaban J connectivity index is 0.00000405. The van der Waals surface area contributed by atoms with Crippen molar-refractivity contribution in [1.82, 2.24) is 9.80 Å². The van der Waals surface area contributed by atoms with Crippen molar-refractivity contribution in [1.29, 1.82) is 0 Å². The standard InChI is InChI=1S/C33H39ClN4O3.ClH/c1-24-7-4-5-9-29(24)31(39)35-28-13-10-25(11-14-28)32(40)38-30-15-12-27(34)23-26(30)8-6-16-33(38,41-3)17-18-37-21-19-36(2)20-22-37;/h4-5,7,9-15,23H,6,8,16-22H2,1-3H3,(H,35,39);1H.